The third-order valence-electron chi connectivity index (χ3n) is 3.53. The summed E-state index contributed by atoms with van der Waals surface area (Å²) in [6.45, 7) is 1.87. The van der Waals surface area contributed by atoms with E-state index in [-0.39, 0.29) is 5.91 Å². The molecule has 4 rings (SSSR count). The van der Waals surface area contributed by atoms with E-state index in [1.165, 1.54) is 11.3 Å². The van der Waals surface area contributed by atoms with Gasteiger partial charge in [-0.05, 0) is 25.1 Å². The monoisotopic (exact) mass is 336 g/mol. The number of rotatable bonds is 3. The Morgan fingerprint density at radius 2 is 2.00 bits per heavy atom. The van der Waals surface area contributed by atoms with Crippen LogP contribution in [-0.2, 0) is 0 Å². The lowest BCUT2D eigenvalue weighted by molar-refractivity contribution is 0.102. The van der Waals surface area contributed by atoms with Gasteiger partial charge in [0, 0.05) is 18.0 Å². The molecular weight excluding hydrogens is 324 g/mol. The number of nitrogens with zero attached hydrogens (tertiary/aromatic N) is 5. The second kappa shape index (κ2) is 5.82. The molecule has 0 fully saturated rings. The molecule has 4 aromatic rings. The van der Waals surface area contributed by atoms with Crippen LogP contribution in [0.2, 0.25) is 0 Å². The van der Waals surface area contributed by atoms with E-state index < -0.39 is 0 Å². The van der Waals surface area contributed by atoms with Gasteiger partial charge in [-0.15, -0.1) is 11.3 Å². The Morgan fingerprint density at radius 3 is 2.75 bits per heavy atom. The van der Waals surface area contributed by atoms with E-state index in [1.54, 1.807) is 40.9 Å². The summed E-state index contributed by atoms with van der Waals surface area (Å²) in [5.74, 6) is 1.10. The van der Waals surface area contributed by atoms with Crippen molar-refractivity contribution in [2.45, 2.75) is 6.92 Å². The number of hydrogen-bond acceptors (Lipinski definition) is 6. The minimum atomic E-state index is -0.208. The van der Waals surface area contributed by atoms with Crippen LogP contribution in [0.15, 0.2) is 48.5 Å². The normalized spacial score (nSPS) is 10.9. The maximum absolute atomic E-state index is 12.3. The number of fused-ring (bicyclic) bond motifs is 1. The minimum Gasteiger partial charge on any atom is -0.319 e. The molecule has 1 N–H and O–H groups in total. The van der Waals surface area contributed by atoms with Gasteiger partial charge < -0.3 is 5.32 Å². The summed E-state index contributed by atoms with van der Waals surface area (Å²) >= 11 is 1.50. The standard InChI is InChI=1S/C16H12N6OS/c1-10-17-4-5-22(10)16-18-7-12(8-19-16)21-15(23)11-2-3-13-14(6-11)24-9-20-13/h2-9H,1H3,(H,21,23). The largest absolute Gasteiger partial charge is 0.319 e. The van der Waals surface area contributed by atoms with Crippen LogP contribution in [0.3, 0.4) is 0 Å². The molecule has 118 valence electrons. The van der Waals surface area contributed by atoms with Gasteiger partial charge in [-0.2, -0.15) is 0 Å². The molecule has 0 aliphatic heterocycles. The number of imidazole rings is 1. The molecule has 0 saturated heterocycles. The van der Waals surface area contributed by atoms with Gasteiger partial charge in [0.2, 0.25) is 5.95 Å². The molecule has 0 atom stereocenters. The number of hydrogen-bond donors (Lipinski definition) is 1. The predicted molar refractivity (Wildman–Crippen MR) is 91.5 cm³/mol. The fourth-order valence-corrected chi connectivity index (χ4v) is 3.02. The summed E-state index contributed by atoms with van der Waals surface area (Å²) in [7, 11) is 0. The number of aryl methyl sites for hydroxylation is 1. The Labute approximate surface area is 141 Å². The Hall–Kier alpha value is -3.13. The van der Waals surface area contributed by atoms with Crippen molar-refractivity contribution in [1.82, 2.24) is 24.5 Å². The highest BCUT2D eigenvalue weighted by molar-refractivity contribution is 7.16. The number of thiazole rings is 1. The highest BCUT2D eigenvalue weighted by Crippen LogP contribution is 2.19. The number of carbonyl (C=O) groups is 1. The average Bonchev–Trinajstić information content (AvgIpc) is 3.23. The van der Waals surface area contributed by atoms with Crippen LogP contribution in [0.4, 0.5) is 5.69 Å². The summed E-state index contributed by atoms with van der Waals surface area (Å²) in [5.41, 5.74) is 3.75. The molecule has 1 aromatic carbocycles. The molecule has 8 heteroatoms. The molecule has 3 heterocycles. The lowest BCUT2D eigenvalue weighted by Crippen LogP contribution is -2.12. The fraction of sp³-hybridized carbons (Fsp3) is 0.0625. The van der Waals surface area contributed by atoms with Crippen molar-refractivity contribution >= 4 is 33.1 Å². The van der Waals surface area contributed by atoms with Gasteiger partial charge in [0.1, 0.15) is 5.82 Å². The van der Waals surface area contributed by atoms with E-state index in [4.69, 9.17) is 0 Å². The molecule has 1 amide bonds. The smallest absolute Gasteiger partial charge is 0.255 e. The van der Waals surface area contributed by atoms with E-state index in [1.807, 2.05) is 19.1 Å². The number of benzene rings is 1. The zero-order valence-corrected chi connectivity index (χ0v) is 13.5. The van der Waals surface area contributed by atoms with E-state index in [0.29, 0.717) is 17.2 Å². The first-order valence-corrected chi connectivity index (χ1v) is 8.05. The first kappa shape index (κ1) is 14.5. The number of carbonyl (C=O) groups excluding carboxylic acids is 1. The van der Waals surface area contributed by atoms with Gasteiger partial charge in [0.15, 0.2) is 0 Å². The third kappa shape index (κ3) is 2.63. The van der Waals surface area contributed by atoms with Crippen LogP contribution in [0.1, 0.15) is 16.2 Å². The summed E-state index contributed by atoms with van der Waals surface area (Å²) in [6.07, 6.45) is 6.62. The quantitative estimate of drug-likeness (QED) is 0.622. The van der Waals surface area contributed by atoms with Gasteiger partial charge in [-0.1, -0.05) is 0 Å². The van der Waals surface area contributed by atoms with Crippen molar-refractivity contribution in [2.75, 3.05) is 5.32 Å². The van der Waals surface area contributed by atoms with E-state index >= 15 is 0 Å². The van der Waals surface area contributed by atoms with Crippen LogP contribution in [-0.4, -0.2) is 30.4 Å². The molecule has 7 nitrogen and oxygen atoms in total. The second-order valence-electron chi connectivity index (χ2n) is 5.11. The van der Waals surface area contributed by atoms with Gasteiger partial charge in [0.25, 0.3) is 5.91 Å². The van der Waals surface area contributed by atoms with E-state index in [9.17, 15) is 4.79 Å². The first-order chi connectivity index (χ1) is 11.7. The fourth-order valence-electron chi connectivity index (χ4n) is 2.30. The Kier molecular flexibility index (Phi) is 3.51. The van der Waals surface area contributed by atoms with Crippen molar-refractivity contribution < 1.29 is 4.79 Å². The predicted octanol–water partition coefficient (Wildman–Crippen LogP) is 2.83. The van der Waals surface area contributed by atoms with Crippen LogP contribution < -0.4 is 5.32 Å². The first-order valence-electron chi connectivity index (χ1n) is 7.18. The van der Waals surface area contributed by atoms with Crippen molar-refractivity contribution in [2.24, 2.45) is 0 Å². The van der Waals surface area contributed by atoms with Crippen molar-refractivity contribution in [1.29, 1.82) is 0 Å². The lowest BCUT2D eigenvalue weighted by atomic mass is 10.2. The highest BCUT2D eigenvalue weighted by atomic mass is 32.1. The van der Waals surface area contributed by atoms with Crippen LogP contribution >= 0.6 is 11.3 Å². The topological polar surface area (TPSA) is 85.6 Å². The number of anilines is 1. The minimum absolute atomic E-state index is 0.208. The van der Waals surface area contributed by atoms with Crippen LogP contribution in [0.5, 0.6) is 0 Å². The summed E-state index contributed by atoms with van der Waals surface area (Å²) in [5, 5.41) is 2.80. The van der Waals surface area contributed by atoms with E-state index in [2.05, 4.69) is 25.3 Å². The molecule has 0 aliphatic carbocycles. The maximum atomic E-state index is 12.3. The number of aromatic nitrogens is 5. The molecule has 0 radical (unpaired) electrons. The van der Waals surface area contributed by atoms with Crippen molar-refractivity contribution in [3.8, 4) is 5.95 Å². The Balaban J connectivity index is 1.54. The summed E-state index contributed by atoms with van der Waals surface area (Å²) in [6, 6.07) is 5.41. The van der Waals surface area contributed by atoms with Gasteiger partial charge in [0.05, 0.1) is 33.8 Å². The van der Waals surface area contributed by atoms with Crippen LogP contribution in [0, 0.1) is 6.92 Å². The zero-order valence-electron chi connectivity index (χ0n) is 12.7. The summed E-state index contributed by atoms with van der Waals surface area (Å²) in [4.78, 5) is 29.2. The Morgan fingerprint density at radius 1 is 1.17 bits per heavy atom. The SMILES string of the molecule is Cc1nccn1-c1ncc(NC(=O)c2ccc3ncsc3c2)cn1. The van der Waals surface area contributed by atoms with Gasteiger partial charge in [-0.3, -0.25) is 9.36 Å². The number of nitrogens with one attached hydrogen (secondary N) is 1. The molecule has 3 aromatic heterocycles. The molecule has 0 spiro atoms. The summed E-state index contributed by atoms with van der Waals surface area (Å²) < 4.78 is 2.74. The molecule has 0 saturated carbocycles. The molecule has 0 aliphatic rings. The van der Waals surface area contributed by atoms with Gasteiger partial charge in [-0.25, -0.2) is 19.9 Å². The highest BCUT2D eigenvalue weighted by Gasteiger charge is 2.09. The molecule has 24 heavy (non-hydrogen) atoms. The lowest BCUT2D eigenvalue weighted by Gasteiger charge is -2.06. The van der Waals surface area contributed by atoms with Crippen molar-refractivity contribution in [3.63, 3.8) is 0 Å². The maximum Gasteiger partial charge on any atom is 0.255 e. The van der Waals surface area contributed by atoms with Crippen LogP contribution in [0.25, 0.3) is 16.2 Å². The number of amides is 1. The van der Waals surface area contributed by atoms with Crippen molar-refractivity contribution in [3.05, 3.63) is 59.9 Å². The molecule has 0 unspecified atom stereocenters. The zero-order chi connectivity index (χ0) is 16.5. The van der Waals surface area contributed by atoms with Gasteiger partial charge >= 0.3 is 0 Å². The Bertz CT molecular complexity index is 1020. The molecule has 0 bridgehead atoms. The third-order valence-corrected chi connectivity index (χ3v) is 4.32. The average molecular weight is 336 g/mol. The molecular formula is C16H12N6OS. The van der Waals surface area contributed by atoms with E-state index in [0.717, 1.165) is 16.0 Å². The second-order valence-corrected chi connectivity index (χ2v) is 5.99.